The largest absolute Gasteiger partial charge is 0.341 e. The lowest BCUT2D eigenvalue weighted by Crippen LogP contribution is -2.21. The number of hydrogen-bond acceptors (Lipinski definition) is 4. The van der Waals surface area contributed by atoms with Crippen LogP contribution >= 0.6 is 0 Å². The summed E-state index contributed by atoms with van der Waals surface area (Å²) in [5.41, 5.74) is 0.431. The Morgan fingerprint density at radius 3 is 2.41 bits per heavy atom. The van der Waals surface area contributed by atoms with Gasteiger partial charge in [0, 0.05) is 37.2 Å². The number of amides is 1. The third-order valence-corrected chi connectivity index (χ3v) is 3.47. The van der Waals surface area contributed by atoms with Gasteiger partial charge in [0.25, 0.3) is 5.91 Å². The fourth-order valence-corrected chi connectivity index (χ4v) is 2.30. The molecule has 3 rings (SSSR count). The molecule has 0 unspecified atom stereocenters. The standard InChI is InChI=1S/C15H14F2N4O/c16-12-4-3-11(7-13(12)17)20-14(22)10-8-18-15(19-9-10)21-5-1-2-6-21/h3-4,7-9H,1-2,5-6H2,(H,20,22). The van der Waals surface area contributed by atoms with Gasteiger partial charge in [-0.25, -0.2) is 18.7 Å². The van der Waals surface area contributed by atoms with Crippen LogP contribution in [0.15, 0.2) is 30.6 Å². The summed E-state index contributed by atoms with van der Waals surface area (Å²) in [5.74, 6) is -1.85. The Hall–Kier alpha value is -2.57. The van der Waals surface area contributed by atoms with E-state index < -0.39 is 17.5 Å². The minimum atomic E-state index is -1.02. The first-order valence-electron chi connectivity index (χ1n) is 6.97. The molecule has 1 aromatic heterocycles. The van der Waals surface area contributed by atoms with Crippen LogP contribution in [0.4, 0.5) is 20.4 Å². The van der Waals surface area contributed by atoms with E-state index in [1.807, 2.05) is 0 Å². The molecule has 0 saturated carbocycles. The molecule has 1 fully saturated rings. The Morgan fingerprint density at radius 1 is 1.09 bits per heavy atom. The highest BCUT2D eigenvalue weighted by atomic mass is 19.2. The van der Waals surface area contributed by atoms with E-state index in [0.717, 1.165) is 38.1 Å². The number of aromatic nitrogens is 2. The summed E-state index contributed by atoms with van der Waals surface area (Å²) < 4.78 is 25.9. The quantitative estimate of drug-likeness (QED) is 0.947. The zero-order valence-electron chi connectivity index (χ0n) is 11.7. The molecule has 1 saturated heterocycles. The summed E-state index contributed by atoms with van der Waals surface area (Å²) in [5, 5.41) is 2.48. The number of anilines is 2. The fraction of sp³-hybridized carbons (Fsp3) is 0.267. The Labute approximate surface area is 126 Å². The van der Waals surface area contributed by atoms with Crippen molar-refractivity contribution >= 4 is 17.5 Å². The minimum Gasteiger partial charge on any atom is -0.341 e. The molecule has 1 amide bonds. The summed E-state index contributed by atoms with van der Waals surface area (Å²) in [7, 11) is 0. The van der Waals surface area contributed by atoms with Crippen LogP contribution in [0.3, 0.4) is 0 Å². The van der Waals surface area contributed by atoms with E-state index in [2.05, 4.69) is 20.2 Å². The maximum atomic E-state index is 13.1. The van der Waals surface area contributed by atoms with Crippen LogP contribution < -0.4 is 10.2 Å². The van der Waals surface area contributed by atoms with Crippen molar-refractivity contribution in [3.63, 3.8) is 0 Å². The Kier molecular flexibility index (Phi) is 3.95. The third-order valence-electron chi connectivity index (χ3n) is 3.47. The van der Waals surface area contributed by atoms with Crippen LogP contribution in [0.25, 0.3) is 0 Å². The molecule has 1 aliphatic rings. The predicted octanol–water partition coefficient (Wildman–Crippen LogP) is 2.61. The van der Waals surface area contributed by atoms with E-state index in [-0.39, 0.29) is 11.3 Å². The highest BCUT2D eigenvalue weighted by Crippen LogP contribution is 2.16. The van der Waals surface area contributed by atoms with Crippen LogP contribution in [0, 0.1) is 11.6 Å². The lowest BCUT2D eigenvalue weighted by molar-refractivity contribution is 0.102. The highest BCUT2D eigenvalue weighted by molar-refractivity contribution is 6.03. The molecule has 0 spiro atoms. The maximum Gasteiger partial charge on any atom is 0.258 e. The smallest absolute Gasteiger partial charge is 0.258 e. The summed E-state index contributed by atoms with van der Waals surface area (Å²) in [4.78, 5) is 22.4. The van der Waals surface area contributed by atoms with Crippen molar-refractivity contribution in [2.75, 3.05) is 23.3 Å². The van der Waals surface area contributed by atoms with E-state index in [1.54, 1.807) is 0 Å². The molecule has 0 aliphatic carbocycles. The van der Waals surface area contributed by atoms with Gasteiger partial charge >= 0.3 is 0 Å². The van der Waals surface area contributed by atoms with Gasteiger partial charge in [-0.05, 0) is 25.0 Å². The van der Waals surface area contributed by atoms with Crippen molar-refractivity contribution in [1.82, 2.24) is 9.97 Å². The molecule has 2 aromatic rings. The minimum absolute atomic E-state index is 0.174. The zero-order valence-corrected chi connectivity index (χ0v) is 11.7. The average Bonchev–Trinajstić information content (AvgIpc) is 3.05. The SMILES string of the molecule is O=C(Nc1ccc(F)c(F)c1)c1cnc(N2CCCC2)nc1. The van der Waals surface area contributed by atoms with Crippen molar-refractivity contribution in [2.45, 2.75) is 12.8 Å². The second kappa shape index (κ2) is 6.05. The first-order chi connectivity index (χ1) is 10.6. The number of carbonyl (C=O) groups excluding carboxylic acids is 1. The topological polar surface area (TPSA) is 58.1 Å². The molecule has 0 atom stereocenters. The van der Waals surface area contributed by atoms with E-state index in [1.165, 1.54) is 18.5 Å². The summed E-state index contributed by atoms with van der Waals surface area (Å²) in [6, 6.07) is 3.17. The molecular weight excluding hydrogens is 290 g/mol. The second-order valence-corrected chi connectivity index (χ2v) is 5.05. The molecule has 1 aromatic carbocycles. The second-order valence-electron chi connectivity index (χ2n) is 5.05. The van der Waals surface area contributed by atoms with Crippen LogP contribution in [-0.2, 0) is 0 Å². The lowest BCUT2D eigenvalue weighted by atomic mass is 10.2. The molecule has 7 heteroatoms. The zero-order chi connectivity index (χ0) is 15.5. The molecule has 2 heterocycles. The molecule has 0 radical (unpaired) electrons. The van der Waals surface area contributed by atoms with Gasteiger partial charge in [0.15, 0.2) is 11.6 Å². The summed E-state index contributed by atoms with van der Waals surface area (Å²) >= 11 is 0. The summed E-state index contributed by atoms with van der Waals surface area (Å²) in [6.07, 6.45) is 5.08. The van der Waals surface area contributed by atoms with Crippen molar-refractivity contribution in [3.8, 4) is 0 Å². The van der Waals surface area contributed by atoms with Gasteiger partial charge in [-0.15, -0.1) is 0 Å². The number of benzene rings is 1. The van der Waals surface area contributed by atoms with Gasteiger partial charge < -0.3 is 10.2 Å². The van der Waals surface area contributed by atoms with Gasteiger partial charge in [0.2, 0.25) is 5.95 Å². The molecule has 0 bridgehead atoms. The average molecular weight is 304 g/mol. The number of carbonyl (C=O) groups is 1. The van der Waals surface area contributed by atoms with Gasteiger partial charge in [0.05, 0.1) is 5.56 Å². The van der Waals surface area contributed by atoms with Crippen LogP contribution in [-0.4, -0.2) is 29.0 Å². The van der Waals surface area contributed by atoms with Crippen LogP contribution in [0.1, 0.15) is 23.2 Å². The van der Waals surface area contributed by atoms with E-state index in [0.29, 0.717) is 5.95 Å². The van der Waals surface area contributed by atoms with Crippen molar-refractivity contribution in [2.24, 2.45) is 0 Å². The lowest BCUT2D eigenvalue weighted by Gasteiger charge is -2.14. The molecular formula is C15H14F2N4O. The number of nitrogens with zero attached hydrogens (tertiary/aromatic N) is 3. The van der Waals surface area contributed by atoms with Gasteiger partial charge in [-0.1, -0.05) is 0 Å². The molecule has 22 heavy (non-hydrogen) atoms. The van der Waals surface area contributed by atoms with Gasteiger partial charge in [-0.3, -0.25) is 4.79 Å². The van der Waals surface area contributed by atoms with Crippen molar-refractivity contribution in [1.29, 1.82) is 0 Å². The third kappa shape index (κ3) is 3.03. The van der Waals surface area contributed by atoms with Crippen molar-refractivity contribution < 1.29 is 13.6 Å². The van der Waals surface area contributed by atoms with E-state index in [4.69, 9.17) is 0 Å². The number of rotatable bonds is 3. The first kappa shape index (κ1) is 14.4. The normalized spacial score (nSPS) is 14.2. The first-order valence-corrected chi connectivity index (χ1v) is 6.97. The maximum absolute atomic E-state index is 13.1. The Balaban J connectivity index is 1.70. The van der Waals surface area contributed by atoms with Gasteiger partial charge in [-0.2, -0.15) is 0 Å². The predicted molar refractivity (Wildman–Crippen MR) is 77.8 cm³/mol. The van der Waals surface area contributed by atoms with E-state index in [9.17, 15) is 13.6 Å². The number of halogens is 2. The van der Waals surface area contributed by atoms with E-state index >= 15 is 0 Å². The number of hydrogen-bond donors (Lipinski definition) is 1. The van der Waals surface area contributed by atoms with Gasteiger partial charge in [0.1, 0.15) is 0 Å². The fourth-order valence-electron chi connectivity index (χ4n) is 2.30. The monoisotopic (exact) mass is 304 g/mol. The van der Waals surface area contributed by atoms with Crippen LogP contribution in [0.2, 0.25) is 0 Å². The molecule has 1 N–H and O–H groups in total. The molecule has 5 nitrogen and oxygen atoms in total. The Morgan fingerprint density at radius 2 is 1.77 bits per heavy atom. The van der Waals surface area contributed by atoms with Crippen molar-refractivity contribution in [3.05, 3.63) is 47.8 Å². The summed E-state index contributed by atoms with van der Waals surface area (Å²) in [6.45, 7) is 1.83. The Bertz CT molecular complexity index is 684. The molecule has 114 valence electrons. The number of nitrogens with one attached hydrogen (secondary N) is 1. The van der Waals surface area contributed by atoms with Crippen LogP contribution in [0.5, 0.6) is 0 Å². The highest BCUT2D eigenvalue weighted by Gasteiger charge is 2.16. The molecule has 1 aliphatic heterocycles.